The van der Waals surface area contributed by atoms with Crippen molar-refractivity contribution in [2.45, 2.75) is 37.6 Å². The Kier molecular flexibility index (Phi) is 5.27. The second kappa shape index (κ2) is 7.50. The first kappa shape index (κ1) is 19.7. The lowest BCUT2D eigenvalue weighted by Gasteiger charge is -2.30. The van der Waals surface area contributed by atoms with Crippen molar-refractivity contribution in [2.75, 3.05) is 6.54 Å². The minimum atomic E-state index is -3.97. The molecule has 148 valence electrons. The van der Waals surface area contributed by atoms with E-state index in [1.807, 2.05) is 13.8 Å². The van der Waals surface area contributed by atoms with Crippen molar-refractivity contribution in [1.29, 1.82) is 0 Å². The standard InChI is InChI=1S/C17H19N5O5S/c1-12(2)20-11-13(18-19-20)9-15-10-16(23)7-8-21(15)28(26,27)17-5-3-14(4-6-17)22(24)25/h3-6,9,11-12H,7-8,10H2,1-2H3. The van der Waals surface area contributed by atoms with E-state index in [0.29, 0.717) is 11.4 Å². The fourth-order valence-corrected chi connectivity index (χ4v) is 4.28. The van der Waals surface area contributed by atoms with Crippen LogP contribution in [-0.2, 0) is 14.8 Å². The topological polar surface area (TPSA) is 128 Å². The molecule has 0 unspecified atom stereocenters. The number of piperidine rings is 1. The highest BCUT2D eigenvalue weighted by atomic mass is 32.2. The number of non-ortho nitro benzene ring substituents is 1. The Hall–Kier alpha value is -3.08. The second-order valence-corrected chi connectivity index (χ2v) is 8.51. The van der Waals surface area contributed by atoms with Crippen LogP contribution in [0, 0.1) is 10.1 Å². The summed E-state index contributed by atoms with van der Waals surface area (Å²) in [6.07, 6.45) is 3.27. The van der Waals surface area contributed by atoms with E-state index >= 15 is 0 Å². The maximum atomic E-state index is 13.1. The molecule has 1 fully saturated rings. The summed E-state index contributed by atoms with van der Waals surface area (Å²) in [4.78, 5) is 22.0. The van der Waals surface area contributed by atoms with Crippen LogP contribution in [-0.4, -0.2) is 45.0 Å². The Bertz CT molecular complexity index is 1040. The monoisotopic (exact) mass is 405 g/mol. The zero-order chi connectivity index (χ0) is 20.5. The predicted octanol–water partition coefficient (Wildman–Crippen LogP) is 2.16. The first-order valence-electron chi connectivity index (χ1n) is 8.60. The van der Waals surface area contributed by atoms with Crippen LogP contribution in [0.4, 0.5) is 5.69 Å². The van der Waals surface area contributed by atoms with Crippen LogP contribution in [0.15, 0.2) is 41.1 Å². The minimum Gasteiger partial charge on any atom is -0.299 e. The van der Waals surface area contributed by atoms with Gasteiger partial charge in [-0.3, -0.25) is 19.2 Å². The van der Waals surface area contributed by atoms with Crippen molar-refractivity contribution < 1.29 is 18.1 Å². The van der Waals surface area contributed by atoms with Crippen molar-refractivity contribution in [2.24, 2.45) is 0 Å². The lowest BCUT2D eigenvalue weighted by atomic mass is 10.1. The molecule has 11 heteroatoms. The number of allylic oxidation sites excluding steroid dienone is 1. The number of ketones is 1. The molecule has 0 radical (unpaired) electrons. The fraction of sp³-hybridized carbons (Fsp3) is 0.353. The highest BCUT2D eigenvalue weighted by molar-refractivity contribution is 7.89. The SMILES string of the molecule is CC(C)n1cc(C=C2CC(=O)CCN2S(=O)(=O)c2ccc([N+](=O)[O-])cc2)nn1. The molecule has 0 saturated carbocycles. The number of carbonyl (C=O) groups excluding carboxylic acids is 1. The molecule has 3 rings (SSSR count). The average molecular weight is 405 g/mol. The van der Waals surface area contributed by atoms with Gasteiger partial charge >= 0.3 is 0 Å². The summed E-state index contributed by atoms with van der Waals surface area (Å²) in [6, 6.07) is 4.75. The van der Waals surface area contributed by atoms with E-state index < -0.39 is 14.9 Å². The van der Waals surface area contributed by atoms with E-state index in [9.17, 15) is 23.3 Å². The van der Waals surface area contributed by atoms with Gasteiger partial charge in [0.1, 0.15) is 11.5 Å². The lowest BCUT2D eigenvalue weighted by molar-refractivity contribution is -0.384. The number of benzene rings is 1. The molecule has 1 aliphatic rings. The van der Waals surface area contributed by atoms with Gasteiger partial charge in [-0.25, -0.2) is 13.1 Å². The zero-order valence-electron chi connectivity index (χ0n) is 15.3. The number of Topliss-reactive ketones (excluding diaryl/α,β-unsaturated/α-hetero) is 1. The first-order valence-corrected chi connectivity index (χ1v) is 10.0. The molecule has 28 heavy (non-hydrogen) atoms. The van der Waals surface area contributed by atoms with Gasteiger partial charge in [-0.05, 0) is 32.1 Å². The van der Waals surface area contributed by atoms with Crippen molar-refractivity contribution in [3.8, 4) is 0 Å². The summed E-state index contributed by atoms with van der Waals surface area (Å²) in [6.45, 7) is 3.87. The predicted molar refractivity (Wildman–Crippen MR) is 99.6 cm³/mol. The number of hydrogen-bond acceptors (Lipinski definition) is 7. The number of nitrogens with zero attached hydrogens (tertiary/aromatic N) is 5. The molecular weight excluding hydrogens is 386 g/mol. The van der Waals surface area contributed by atoms with Crippen LogP contribution in [0.1, 0.15) is 38.4 Å². The lowest BCUT2D eigenvalue weighted by Crippen LogP contribution is -2.37. The Labute approximate surface area is 161 Å². The summed E-state index contributed by atoms with van der Waals surface area (Å²) < 4.78 is 28.9. The molecule has 10 nitrogen and oxygen atoms in total. The molecule has 0 spiro atoms. The average Bonchev–Trinajstić information content (AvgIpc) is 3.10. The van der Waals surface area contributed by atoms with Gasteiger partial charge in [0.15, 0.2) is 0 Å². The summed E-state index contributed by atoms with van der Waals surface area (Å²) in [5, 5.41) is 18.8. The molecule has 1 aromatic carbocycles. The third kappa shape index (κ3) is 3.93. The molecule has 1 aliphatic heterocycles. The largest absolute Gasteiger partial charge is 0.299 e. The number of sulfonamides is 1. The van der Waals surface area contributed by atoms with Crippen LogP contribution >= 0.6 is 0 Å². The molecule has 0 aliphatic carbocycles. The number of carbonyl (C=O) groups is 1. The Morgan fingerprint density at radius 1 is 1.25 bits per heavy atom. The first-order chi connectivity index (χ1) is 13.2. The number of aromatic nitrogens is 3. The van der Waals surface area contributed by atoms with Gasteiger partial charge in [-0.2, -0.15) is 0 Å². The van der Waals surface area contributed by atoms with E-state index in [2.05, 4.69) is 10.3 Å². The van der Waals surface area contributed by atoms with E-state index in [0.717, 1.165) is 16.4 Å². The highest BCUT2D eigenvalue weighted by Gasteiger charge is 2.32. The molecule has 0 atom stereocenters. The normalized spacial score (nSPS) is 16.8. The van der Waals surface area contributed by atoms with Gasteiger partial charge in [0.2, 0.25) is 0 Å². The van der Waals surface area contributed by atoms with Gasteiger partial charge in [-0.1, -0.05) is 5.21 Å². The van der Waals surface area contributed by atoms with Gasteiger partial charge < -0.3 is 0 Å². The van der Waals surface area contributed by atoms with Crippen LogP contribution in [0.2, 0.25) is 0 Å². The van der Waals surface area contributed by atoms with Crippen LogP contribution in [0.3, 0.4) is 0 Å². The summed E-state index contributed by atoms with van der Waals surface area (Å²) >= 11 is 0. The second-order valence-electron chi connectivity index (χ2n) is 6.65. The molecule has 2 heterocycles. The van der Waals surface area contributed by atoms with E-state index in [-0.39, 0.29) is 41.8 Å². The van der Waals surface area contributed by atoms with E-state index in [1.165, 1.54) is 18.2 Å². The van der Waals surface area contributed by atoms with Crippen LogP contribution < -0.4 is 0 Å². The number of nitro groups is 1. The zero-order valence-corrected chi connectivity index (χ0v) is 16.2. The fourth-order valence-electron chi connectivity index (χ4n) is 2.79. The summed E-state index contributed by atoms with van der Waals surface area (Å²) in [7, 11) is -3.97. The maximum Gasteiger partial charge on any atom is 0.269 e. The van der Waals surface area contributed by atoms with E-state index in [1.54, 1.807) is 10.9 Å². The molecule has 2 aromatic rings. The Morgan fingerprint density at radius 3 is 2.50 bits per heavy atom. The summed E-state index contributed by atoms with van der Waals surface area (Å²) in [5.41, 5.74) is 0.543. The van der Waals surface area contributed by atoms with Gasteiger partial charge in [0.25, 0.3) is 15.7 Å². The Balaban J connectivity index is 1.97. The number of rotatable bonds is 5. The van der Waals surface area contributed by atoms with Crippen molar-refractivity contribution >= 4 is 27.6 Å². The third-order valence-corrected chi connectivity index (χ3v) is 6.16. The summed E-state index contributed by atoms with van der Waals surface area (Å²) in [5.74, 6) is -0.0716. The number of hydrogen-bond donors (Lipinski definition) is 0. The molecule has 0 N–H and O–H groups in total. The molecule has 0 bridgehead atoms. The van der Waals surface area contributed by atoms with Crippen molar-refractivity contribution in [3.05, 3.63) is 52.0 Å². The third-order valence-electron chi connectivity index (χ3n) is 4.30. The van der Waals surface area contributed by atoms with Crippen molar-refractivity contribution in [1.82, 2.24) is 19.3 Å². The maximum absolute atomic E-state index is 13.1. The Morgan fingerprint density at radius 2 is 1.93 bits per heavy atom. The molecular formula is C17H19N5O5S. The number of nitro benzene ring substituents is 1. The molecule has 1 aromatic heterocycles. The van der Waals surface area contributed by atoms with Gasteiger partial charge in [-0.15, -0.1) is 5.10 Å². The highest BCUT2D eigenvalue weighted by Crippen LogP contribution is 2.28. The van der Waals surface area contributed by atoms with Crippen LogP contribution in [0.25, 0.3) is 6.08 Å². The quantitative estimate of drug-likeness (QED) is 0.550. The minimum absolute atomic E-state index is 0.00229. The molecule has 0 amide bonds. The van der Waals surface area contributed by atoms with Crippen LogP contribution in [0.5, 0.6) is 0 Å². The molecule has 1 saturated heterocycles. The smallest absolute Gasteiger partial charge is 0.269 e. The van der Waals surface area contributed by atoms with Gasteiger partial charge in [0, 0.05) is 43.3 Å². The van der Waals surface area contributed by atoms with E-state index in [4.69, 9.17) is 0 Å². The van der Waals surface area contributed by atoms with Gasteiger partial charge in [0.05, 0.1) is 16.0 Å². The van der Waals surface area contributed by atoms with Crippen molar-refractivity contribution in [3.63, 3.8) is 0 Å².